The van der Waals surface area contributed by atoms with Gasteiger partial charge >= 0.3 is 7.12 Å². The zero-order valence-corrected chi connectivity index (χ0v) is 61.5. The van der Waals surface area contributed by atoms with Crippen molar-refractivity contribution in [1.29, 1.82) is 0 Å². The lowest BCUT2D eigenvalue weighted by molar-refractivity contribution is 0.274. The van der Waals surface area contributed by atoms with Gasteiger partial charge in [-0.3, -0.25) is 0 Å². The highest BCUT2D eigenvalue weighted by atomic mass is 79.9. The van der Waals surface area contributed by atoms with Crippen LogP contribution in [-0.2, 0) is 18.5 Å². The fraction of sp³-hybridized carbons (Fsp3) is 0.0400. The predicted molar refractivity (Wildman–Crippen MR) is 388 cm³/mol. The van der Waals surface area contributed by atoms with Gasteiger partial charge in [-0.2, -0.15) is 0 Å². The van der Waals surface area contributed by atoms with Gasteiger partial charge in [0.2, 0.25) is 0 Å². The van der Waals surface area contributed by atoms with E-state index in [-0.39, 0.29) is 68.4 Å². The molecule has 0 aromatic heterocycles. The lowest BCUT2D eigenvalue weighted by atomic mass is 9.80. The summed E-state index contributed by atoms with van der Waals surface area (Å²) in [7, 11) is -1.92. The number of phenols is 7. The molecule has 0 amide bonds. The smallest absolute Gasteiger partial charge is 0.488 e. The van der Waals surface area contributed by atoms with Crippen molar-refractivity contribution in [3.05, 3.63) is 340 Å². The average molecular weight is 1810 g/mol. The molecule has 106 heavy (non-hydrogen) atoms. The van der Waals surface area contributed by atoms with Crippen LogP contribution in [0.4, 0.5) is 61.5 Å². The summed E-state index contributed by atoms with van der Waals surface area (Å²) in [4.78, 5) is 0. The van der Waals surface area contributed by atoms with Gasteiger partial charge in [-0.15, -0.1) is 0 Å². The SMILES string of the molecule is BrCc1ccccc1.Fc1cc(Br)cc(F)c1OCc1ccccc1.OB(O)c1cc(F)c(OCc2ccccc2)c(F)c1.Oc1c(F)cc(Br)cc1F.Oc1ccc(-c2cc(F)c(O)c(F)c2)c(F)c1.Oc1ccc(-c2cc(F)c(O)c(F)c2)cc1F.Oc1ccc(Br)c(F)c1.Oc1ccc(Br)cc1F. The molecule has 0 saturated heterocycles. The lowest BCUT2D eigenvalue weighted by Gasteiger charge is -2.10. The normalized spacial score (nSPS) is 10.1. The van der Waals surface area contributed by atoms with Gasteiger partial charge in [-0.05, 0) is 170 Å². The first-order valence-corrected chi connectivity index (χ1v) is 33.8. The Balaban J connectivity index is 0.000000221. The molecule has 0 unspecified atom stereocenters. The zero-order chi connectivity index (χ0) is 78.5. The Bertz CT molecular complexity index is 4700. The second-order valence-corrected chi connectivity index (χ2v) is 25.0. The van der Waals surface area contributed by atoms with Crippen LogP contribution >= 0.6 is 79.6 Å². The minimum absolute atomic E-state index is 0.0235. The van der Waals surface area contributed by atoms with Crippen LogP contribution in [0.2, 0.25) is 0 Å². The molecule has 0 spiro atoms. The van der Waals surface area contributed by atoms with Gasteiger partial charge in [0.1, 0.15) is 36.3 Å². The van der Waals surface area contributed by atoms with Crippen LogP contribution in [0.5, 0.6) is 51.7 Å². The van der Waals surface area contributed by atoms with Crippen molar-refractivity contribution >= 4 is 92.2 Å². The Morgan fingerprint density at radius 3 is 0.991 bits per heavy atom. The Morgan fingerprint density at radius 1 is 0.292 bits per heavy atom. The molecule has 31 heteroatoms. The largest absolute Gasteiger partial charge is 0.508 e. The van der Waals surface area contributed by atoms with E-state index in [2.05, 4.69) is 91.8 Å². The molecule has 0 aliphatic carbocycles. The third kappa shape index (κ3) is 28.3. The number of alkyl halides is 1. The molecule has 12 aromatic carbocycles. The van der Waals surface area contributed by atoms with E-state index in [0.29, 0.717) is 13.4 Å². The van der Waals surface area contributed by atoms with E-state index in [1.807, 2.05) is 54.6 Å². The molecular weight excluding hydrogens is 1750 g/mol. The van der Waals surface area contributed by atoms with Crippen LogP contribution in [-0.4, -0.2) is 52.9 Å². The molecule has 0 radical (unpaired) electrons. The molecule has 12 aromatic rings. The quantitative estimate of drug-likeness (QED) is 0.0358. The minimum Gasteiger partial charge on any atom is -0.508 e. The highest BCUT2D eigenvalue weighted by Crippen LogP contribution is 2.34. The summed E-state index contributed by atoms with van der Waals surface area (Å²) in [6.45, 7) is 0.159. The molecule has 0 atom stereocenters. The first-order valence-electron chi connectivity index (χ1n) is 29.5. The van der Waals surface area contributed by atoms with E-state index in [0.717, 1.165) is 89.3 Å². The summed E-state index contributed by atoms with van der Waals surface area (Å²) in [5, 5.41) is 80.4. The van der Waals surface area contributed by atoms with E-state index >= 15 is 0 Å². The van der Waals surface area contributed by atoms with Gasteiger partial charge in [0.15, 0.2) is 110 Å². The molecular formula is C75H52BBr5F14O11. The summed E-state index contributed by atoms with van der Waals surface area (Å²) in [5.74, 6) is -17.9. The molecule has 554 valence electrons. The Hall–Kier alpha value is -9.76. The van der Waals surface area contributed by atoms with E-state index in [1.54, 1.807) is 30.3 Å². The molecule has 0 fully saturated rings. The molecule has 12 rings (SSSR count). The topological polar surface area (TPSA) is 201 Å². The van der Waals surface area contributed by atoms with Crippen molar-refractivity contribution in [2.24, 2.45) is 0 Å². The highest BCUT2D eigenvalue weighted by Gasteiger charge is 2.20. The Labute approximate surface area is 637 Å². The molecule has 9 N–H and O–H groups in total. The van der Waals surface area contributed by atoms with Gasteiger partial charge in [0.05, 0.1) is 4.47 Å². The number of halogens is 19. The second-order valence-electron chi connectivity index (χ2n) is 20.9. The number of aromatic hydroxyl groups is 7. The van der Waals surface area contributed by atoms with Crippen LogP contribution in [0.3, 0.4) is 0 Å². The number of benzene rings is 12. The maximum absolute atomic E-state index is 13.6. The van der Waals surface area contributed by atoms with Gasteiger partial charge in [0, 0.05) is 36.4 Å². The van der Waals surface area contributed by atoms with E-state index in [9.17, 15) is 61.5 Å². The number of phenolic OH excluding ortho intramolecular Hbond substituents is 7. The zero-order valence-electron chi connectivity index (χ0n) is 53.6. The van der Waals surface area contributed by atoms with Crippen LogP contribution in [0.1, 0.15) is 16.7 Å². The lowest BCUT2D eigenvalue weighted by Crippen LogP contribution is -2.30. The van der Waals surface area contributed by atoms with Crippen molar-refractivity contribution in [2.45, 2.75) is 18.5 Å². The fourth-order valence-corrected chi connectivity index (χ4v) is 9.70. The summed E-state index contributed by atoms with van der Waals surface area (Å²) in [6.07, 6.45) is 0. The predicted octanol–water partition coefficient (Wildman–Crippen LogP) is 21.5. The number of hydrogen-bond donors (Lipinski definition) is 9. The maximum Gasteiger partial charge on any atom is 0.488 e. The maximum atomic E-state index is 13.6. The molecule has 0 saturated carbocycles. The molecule has 11 nitrogen and oxygen atoms in total. The minimum atomic E-state index is -1.92. The first kappa shape index (κ1) is 86.9. The Morgan fingerprint density at radius 2 is 0.632 bits per heavy atom. The van der Waals surface area contributed by atoms with Crippen molar-refractivity contribution in [3.63, 3.8) is 0 Å². The third-order valence-corrected chi connectivity index (χ3v) is 15.8. The number of rotatable bonds is 10. The van der Waals surface area contributed by atoms with Crippen molar-refractivity contribution in [2.75, 3.05) is 0 Å². The molecule has 0 heterocycles. The van der Waals surface area contributed by atoms with Crippen LogP contribution in [0.25, 0.3) is 22.3 Å². The summed E-state index contributed by atoms with van der Waals surface area (Å²) < 4.78 is 194. The molecule has 0 aliphatic heterocycles. The van der Waals surface area contributed by atoms with Crippen LogP contribution in [0.15, 0.2) is 242 Å². The number of ether oxygens (including phenoxy) is 2. The van der Waals surface area contributed by atoms with Gasteiger partial charge < -0.3 is 55.3 Å². The van der Waals surface area contributed by atoms with Gasteiger partial charge in [-0.25, -0.2) is 61.5 Å². The van der Waals surface area contributed by atoms with Crippen LogP contribution in [0, 0.1) is 81.4 Å². The second kappa shape index (κ2) is 43.0. The van der Waals surface area contributed by atoms with E-state index in [4.69, 9.17) is 55.3 Å². The molecule has 0 aliphatic rings. The van der Waals surface area contributed by atoms with Crippen molar-refractivity contribution in [3.8, 4) is 74.0 Å². The van der Waals surface area contributed by atoms with Crippen molar-refractivity contribution < 1.29 is 117 Å². The highest BCUT2D eigenvalue weighted by molar-refractivity contribution is 9.11. The monoisotopic (exact) mass is 1800 g/mol. The summed E-state index contributed by atoms with van der Waals surface area (Å²) >= 11 is 15.2. The third-order valence-electron chi connectivity index (χ3n) is 13.1. The average Bonchev–Trinajstić information content (AvgIpc) is 0.846. The summed E-state index contributed by atoms with van der Waals surface area (Å²) in [5.41, 5.74) is 2.82. The van der Waals surface area contributed by atoms with Gasteiger partial charge in [-0.1, -0.05) is 161 Å². The van der Waals surface area contributed by atoms with E-state index < -0.39 is 117 Å². The Kier molecular flexibility index (Phi) is 35.3. The van der Waals surface area contributed by atoms with Gasteiger partial charge in [0.25, 0.3) is 0 Å². The fourth-order valence-electron chi connectivity index (χ4n) is 7.94. The molecule has 0 bridgehead atoms. The van der Waals surface area contributed by atoms with E-state index in [1.165, 1.54) is 60.2 Å². The summed E-state index contributed by atoms with van der Waals surface area (Å²) in [6, 6.07) is 52.3. The van der Waals surface area contributed by atoms with Crippen LogP contribution < -0.4 is 14.9 Å². The number of hydrogen-bond acceptors (Lipinski definition) is 11. The van der Waals surface area contributed by atoms with Crippen molar-refractivity contribution in [1.82, 2.24) is 0 Å². The standard InChI is InChI=1S/C13H11BF2O3.C13H9BrF2O.2C12H7F3O2.C7H7Br.C6H3BrF2O.2C6H4BrFO/c15-11-6-10(14(17)18)7-12(16)13(11)19-8-9-4-2-1-3-5-9;14-10-6-11(15)13(12(16)7-10)17-8-9-4-2-1-3-5-9;13-9-5-7(16)1-2-8(9)6-3-10(14)12(17)11(15)4-6;13-8-3-6(1-2-11(8)16)7-4-9(14)12(17)10(15)5-7;8-6-7-4-2-1-3-5-7;7-3-1-4(8)6(10)5(9)2-3;7-4-1-2-6(9)5(8)3-4;7-5-2-1-4(9)3-6(5)8/h1-7,17-18H,8H2;1-7H,8H2;2*1-5,16-17H;1-5H,6H2;1-2,10H;2*1-3,9H. The first-order chi connectivity index (χ1) is 50.1.